The first-order valence-electron chi connectivity index (χ1n) is 5.30. The fourth-order valence-corrected chi connectivity index (χ4v) is 2.76. The standard InChI is InChI=1S/C10H18N2O/c11-10(13)8-3-4-9-7(6-8)2-1-5-12-9/h7-9,12H,1-6H2,(H2,11,13)/t7-,8-,9+/m1/s1. The van der Waals surface area contributed by atoms with Crippen molar-refractivity contribution in [2.24, 2.45) is 17.6 Å². The predicted octanol–water partition coefficient (Wildman–Crippen LogP) is 0.640. The number of nitrogens with two attached hydrogens (primary N) is 1. The molecule has 0 radical (unpaired) electrons. The lowest BCUT2D eigenvalue weighted by atomic mass is 9.74. The first kappa shape index (κ1) is 9.00. The lowest BCUT2D eigenvalue weighted by Crippen LogP contribution is -2.46. The molecule has 0 bridgehead atoms. The Morgan fingerprint density at radius 3 is 2.92 bits per heavy atom. The SMILES string of the molecule is NC(=O)[C@@H]1CC[C@@H]2NCCC[C@@H]2C1. The van der Waals surface area contributed by atoms with Crippen LogP contribution in [0.4, 0.5) is 0 Å². The van der Waals surface area contributed by atoms with E-state index in [1.165, 1.54) is 12.8 Å². The molecule has 1 heterocycles. The van der Waals surface area contributed by atoms with Crippen LogP contribution in [-0.2, 0) is 4.79 Å². The molecular weight excluding hydrogens is 164 g/mol. The number of amides is 1. The summed E-state index contributed by atoms with van der Waals surface area (Å²) >= 11 is 0. The van der Waals surface area contributed by atoms with Crippen LogP contribution in [0, 0.1) is 11.8 Å². The van der Waals surface area contributed by atoms with Gasteiger partial charge in [0, 0.05) is 12.0 Å². The number of piperidine rings is 1. The highest BCUT2D eigenvalue weighted by Gasteiger charge is 2.33. The molecule has 1 aliphatic heterocycles. The van der Waals surface area contributed by atoms with E-state index in [2.05, 4.69) is 5.32 Å². The Bertz CT molecular complexity index is 205. The molecule has 1 amide bonds. The molecule has 74 valence electrons. The molecule has 2 fully saturated rings. The summed E-state index contributed by atoms with van der Waals surface area (Å²) in [5.41, 5.74) is 5.33. The van der Waals surface area contributed by atoms with Crippen molar-refractivity contribution < 1.29 is 4.79 Å². The average molecular weight is 182 g/mol. The van der Waals surface area contributed by atoms with E-state index in [4.69, 9.17) is 5.73 Å². The molecule has 1 saturated heterocycles. The van der Waals surface area contributed by atoms with E-state index in [1.54, 1.807) is 0 Å². The van der Waals surface area contributed by atoms with Crippen molar-refractivity contribution in [3.05, 3.63) is 0 Å². The Kier molecular flexibility index (Phi) is 2.54. The summed E-state index contributed by atoms with van der Waals surface area (Å²) in [6, 6.07) is 0.671. The van der Waals surface area contributed by atoms with Crippen molar-refractivity contribution in [3.63, 3.8) is 0 Å². The second-order valence-electron chi connectivity index (χ2n) is 4.38. The van der Waals surface area contributed by atoms with Gasteiger partial charge in [-0.3, -0.25) is 4.79 Å². The Morgan fingerprint density at radius 2 is 2.15 bits per heavy atom. The van der Waals surface area contributed by atoms with Gasteiger partial charge in [0.1, 0.15) is 0 Å². The molecule has 3 N–H and O–H groups in total. The maximum Gasteiger partial charge on any atom is 0.220 e. The summed E-state index contributed by atoms with van der Waals surface area (Å²) in [5.74, 6) is 0.769. The Balaban J connectivity index is 1.95. The van der Waals surface area contributed by atoms with Crippen molar-refractivity contribution in [3.8, 4) is 0 Å². The zero-order valence-electron chi connectivity index (χ0n) is 7.96. The third kappa shape index (κ3) is 1.85. The third-order valence-electron chi connectivity index (χ3n) is 3.54. The van der Waals surface area contributed by atoms with Crippen molar-refractivity contribution in [2.75, 3.05) is 6.54 Å². The van der Waals surface area contributed by atoms with Gasteiger partial charge in [0.25, 0.3) is 0 Å². The monoisotopic (exact) mass is 182 g/mol. The van der Waals surface area contributed by atoms with E-state index in [1.807, 2.05) is 0 Å². The van der Waals surface area contributed by atoms with Gasteiger partial charge in [0.2, 0.25) is 5.91 Å². The maximum atomic E-state index is 11.0. The van der Waals surface area contributed by atoms with Gasteiger partial charge in [-0.1, -0.05) is 0 Å². The van der Waals surface area contributed by atoms with Crippen molar-refractivity contribution in [2.45, 2.75) is 38.1 Å². The molecule has 3 nitrogen and oxygen atoms in total. The Hall–Kier alpha value is -0.570. The number of carbonyl (C=O) groups is 1. The van der Waals surface area contributed by atoms with Gasteiger partial charge in [-0.2, -0.15) is 0 Å². The van der Waals surface area contributed by atoms with E-state index in [0.29, 0.717) is 12.0 Å². The van der Waals surface area contributed by atoms with E-state index >= 15 is 0 Å². The fraction of sp³-hybridized carbons (Fsp3) is 0.900. The number of primary amides is 1. The minimum Gasteiger partial charge on any atom is -0.369 e. The summed E-state index contributed by atoms with van der Waals surface area (Å²) in [5, 5.41) is 3.53. The average Bonchev–Trinajstić information content (AvgIpc) is 2.17. The summed E-state index contributed by atoms with van der Waals surface area (Å²) in [4.78, 5) is 11.0. The van der Waals surface area contributed by atoms with Gasteiger partial charge < -0.3 is 11.1 Å². The lowest BCUT2D eigenvalue weighted by molar-refractivity contribution is -0.123. The molecule has 3 heteroatoms. The zero-order valence-corrected chi connectivity index (χ0v) is 7.96. The number of fused-ring (bicyclic) bond motifs is 1. The van der Waals surface area contributed by atoms with E-state index < -0.39 is 0 Å². The summed E-state index contributed by atoms with van der Waals surface area (Å²) in [6.07, 6.45) is 5.68. The molecule has 0 spiro atoms. The summed E-state index contributed by atoms with van der Waals surface area (Å²) in [7, 11) is 0. The van der Waals surface area contributed by atoms with Gasteiger partial charge in [0.15, 0.2) is 0 Å². The molecular formula is C10H18N2O. The molecule has 1 saturated carbocycles. The minimum absolute atomic E-state index is 0.0935. The fourth-order valence-electron chi connectivity index (χ4n) is 2.76. The van der Waals surface area contributed by atoms with Crippen molar-refractivity contribution in [1.82, 2.24) is 5.32 Å². The first-order valence-corrected chi connectivity index (χ1v) is 5.30. The van der Waals surface area contributed by atoms with Gasteiger partial charge >= 0.3 is 0 Å². The van der Waals surface area contributed by atoms with Crippen LogP contribution >= 0.6 is 0 Å². The number of carbonyl (C=O) groups excluding carboxylic acids is 1. The number of rotatable bonds is 1. The van der Waals surface area contributed by atoms with Crippen LogP contribution in [0.3, 0.4) is 0 Å². The predicted molar refractivity (Wildman–Crippen MR) is 51.1 cm³/mol. The number of hydrogen-bond donors (Lipinski definition) is 2. The third-order valence-corrected chi connectivity index (χ3v) is 3.54. The molecule has 2 aliphatic rings. The summed E-state index contributed by atoms with van der Waals surface area (Å²) < 4.78 is 0. The lowest BCUT2D eigenvalue weighted by Gasteiger charge is -2.38. The van der Waals surface area contributed by atoms with Gasteiger partial charge in [-0.25, -0.2) is 0 Å². The van der Waals surface area contributed by atoms with Gasteiger partial charge in [-0.05, 0) is 44.6 Å². The van der Waals surface area contributed by atoms with E-state index in [9.17, 15) is 4.79 Å². The molecule has 0 aromatic rings. The maximum absolute atomic E-state index is 11.0. The molecule has 1 aliphatic carbocycles. The van der Waals surface area contributed by atoms with Crippen LogP contribution in [0.2, 0.25) is 0 Å². The molecule has 0 unspecified atom stereocenters. The van der Waals surface area contributed by atoms with E-state index in [-0.39, 0.29) is 11.8 Å². The van der Waals surface area contributed by atoms with Crippen molar-refractivity contribution >= 4 is 5.91 Å². The minimum atomic E-state index is -0.0935. The Morgan fingerprint density at radius 1 is 1.31 bits per heavy atom. The molecule has 13 heavy (non-hydrogen) atoms. The highest BCUT2D eigenvalue weighted by Crippen LogP contribution is 2.33. The normalized spacial score (nSPS) is 39.5. The quantitative estimate of drug-likeness (QED) is 0.625. The topological polar surface area (TPSA) is 55.1 Å². The van der Waals surface area contributed by atoms with Gasteiger partial charge in [0.05, 0.1) is 0 Å². The molecule has 0 aromatic heterocycles. The smallest absolute Gasteiger partial charge is 0.220 e. The van der Waals surface area contributed by atoms with Crippen LogP contribution in [-0.4, -0.2) is 18.5 Å². The summed E-state index contributed by atoms with van der Waals surface area (Å²) in [6.45, 7) is 1.16. The highest BCUT2D eigenvalue weighted by atomic mass is 16.1. The van der Waals surface area contributed by atoms with Crippen LogP contribution in [0.25, 0.3) is 0 Å². The van der Waals surface area contributed by atoms with Crippen LogP contribution in [0.1, 0.15) is 32.1 Å². The van der Waals surface area contributed by atoms with Crippen LogP contribution in [0.5, 0.6) is 0 Å². The largest absolute Gasteiger partial charge is 0.369 e. The van der Waals surface area contributed by atoms with Crippen molar-refractivity contribution in [1.29, 1.82) is 0 Å². The molecule has 3 atom stereocenters. The molecule has 0 aromatic carbocycles. The molecule has 2 rings (SSSR count). The zero-order chi connectivity index (χ0) is 9.26. The second kappa shape index (κ2) is 3.66. The number of nitrogens with one attached hydrogen (secondary N) is 1. The second-order valence-corrected chi connectivity index (χ2v) is 4.38. The van der Waals surface area contributed by atoms with Crippen LogP contribution in [0.15, 0.2) is 0 Å². The van der Waals surface area contributed by atoms with Crippen LogP contribution < -0.4 is 11.1 Å². The van der Waals surface area contributed by atoms with E-state index in [0.717, 1.165) is 25.8 Å². The van der Waals surface area contributed by atoms with Gasteiger partial charge in [-0.15, -0.1) is 0 Å². The first-order chi connectivity index (χ1) is 6.27. The highest BCUT2D eigenvalue weighted by molar-refractivity contribution is 5.76. The Labute approximate surface area is 79.1 Å². The number of hydrogen-bond acceptors (Lipinski definition) is 2.